The van der Waals surface area contributed by atoms with Crippen molar-refractivity contribution >= 4 is 67.8 Å². The lowest BCUT2D eigenvalue weighted by Gasteiger charge is -2.15. The Balaban J connectivity index is 1.62. The molecule has 1 aromatic heterocycles. The lowest BCUT2D eigenvalue weighted by atomic mass is 10.1. The maximum Gasteiger partial charge on any atom is 0.282 e. The molecule has 0 aliphatic rings. The molecule has 0 spiro atoms. The molecule has 4 aromatic rings. The number of halogens is 3. The fraction of sp³-hybridized carbons (Fsp3) is 0.241. The molecule has 1 atom stereocenters. The predicted octanol–water partition coefficient (Wildman–Crippen LogP) is 7.28. The van der Waals surface area contributed by atoms with E-state index in [2.05, 4.69) is 26.3 Å². The fourth-order valence-corrected chi connectivity index (χ4v) is 4.60. The molecular weight excluding hydrogens is 619 g/mol. The molecular formula is C29H27BrCl2N4O4. The van der Waals surface area contributed by atoms with Crippen molar-refractivity contribution in [2.75, 3.05) is 18.5 Å². The van der Waals surface area contributed by atoms with Gasteiger partial charge in [0.15, 0.2) is 18.1 Å². The lowest BCUT2D eigenvalue weighted by molar-refractivity contribution is -0.118. The normalized spacial score (nSPS) is 12.1. The second-order valence-corrected chi connectivity index (χ2v) is 10.7. The molecule has 11 heteroatoms. The number of hydrogen-bond acceptors (Lipinski definition) is 6. The van der Waals surface area contributed by atoms with Crippen molar-refractivity contribution in [1.82, 2.24) is 9.66 Å². The quantitative estimate of drug-likeness (QED) is 0.183. The number of nitrogens with zero attached hydrogens (tertiary/aromatic N) is 3. The first-order chi connectivity index (χ1) is 19.2. The molecule has 0 radical (unpaired) electrons. The van der Waals surface area contributed by atoms with Crippen LogP contribution >= 0.6 is 39.1 Å². The first-order valence-corrected chi connectivity index (χ1v) is 14.2. The SMILES string of the molecule is CCOc1cc(C=Nn2c([C@@H](C)CC)nc3ccc(Br)cc3c2=O)cc(Cl)c1OCC(=O)Nc1ccc(Cl)cc1. The number of nitrogens with one attached hydrogen (secondary N) is 1. The number of aromatic nitrogens is 2. The average molecular weight is 646 g/mol. The monoisotopic (exact) mass is 644 g/mol. The second kappa shape index (κ2) is 13.3. The van der Waals surface area contributed by atoms with E-state index in [4.69, 9.17) is 37.7 Å². The number of amides is 1. The number of anilines is 1. The summed E-state index contributed by atoms with van der Waals surface area (Å²) in [5.74, 6) is 0.739. The Labute approximate surface area is 250 Å². The minimum absolute atomic E-state index is 0.00438. The Bertz CT molecular complexity index is 1620. The first kappa shape index (κ1) is 29.6. The van der Waals surface area contributed by atoms with Crippen LogP contribution in [0, 0.1) is 0 Å². The van der Waals surface area contributed by atoms with Crippen molar-refractivity contribution in [3.63, 3.8) is 0 Å². The number of carbonyl (C=O) groups is 1. The lowest BCUT2D eigenvalue weighted by Crippen LogP contribution is -2.23. The Morgan fingerprint density at radius 3 is 2.58 bits per heavy atom. The Morgan fingerprint density at radius 2 is 1.88 bits per heavy atom. The average Bonchev–Trinajstić information content (AvgIpc) is 2.93. The first-order valence-electron chi connectivity index (χ1n) is 12.6. The Morgan fingerprint density at radius 1 is 1.12 bits per heavy atom. The maximum atomic E-state index is 13.4. The van der Waals surface area contributed by atoms with Crippen LogP contribution in [-0.2, 0) is 4.79 Å². The summed E-state index contributed by atoms with van der Waals surface area (Å²) < 4.78 is 13.6. The topological polar surface area (TPSA) is 94.8 Å². The number of rotatable bonds is 10. The van der Waals surface area contributed by atoms with E-state index in [0.717, 1.165) is 10.9 Å². The van der Waals surface area contributed by atoms with E-state index in [0.29, 0.717) is 45.4 Å². The third-order valence-corrected chi connectivity index (χ3v) is 7.04. The molecule has 1 heterocycles. The molecule has 0 unspecified atom stereocenters. The van der Waals surface area contributed by atoms with E-state index < -0.39 is 0 Å². The zero-order valence-corrected chi connectivity index (χ0v) is 25.2. The second-order valence-electron chi connectivity index (χ2n) is 8.91. The van der Waals surface area contributed by atoms with E-state index in [-0.39, 0.29) is 34.8 Å². The van der Waals surface area contributed by atoms with Crippen molar-refractivity contribution in [2.24, 2.45) is 5.10 Å². The number of benzene rings is 3. The van der Waals surface area contributed by atoms with Gasteiger partial charge in [0.1, 0.15) is 5.82 Å². The van der Waals surface area contributed by atoms with Gasteiger partial charge in [0.2, 0.25) is 0 Å². The number of carbonyl (C=O) groups excluding carboxylic acids is 1. The molecule has 40 heavy (non-hydrogen) atoms. The molecule has 8 nitrogen and oxygen atoms in total. The van der Waals surface area contributed by atoms with Crippen LogP contribution in [-0.4, -0.2) is 35.0 Å². The zero-order chi connectivity index (χ0) is 28.8. The Kier molecular flexibility index (Phi) is 9.84. The number of fused-ring (bicyclic) bond motifs is 1. The molecule has 3 aromatic carbocycles. The molecule has 1 N–H and O–H groups in total. The van der Waals surface area contributed by atoms with Gasteiger partial charge in [-0.3, -0.25) is 9.59 Å². The molecule has 0 bridgehead atoms. The summed E-state index contributed by atoms with van der Waals surface area (Å²) in [5, 5.41) is 8.47. The predicted molar refractivity (Wildman–Crippen MR) is 164 cm³/mol. The van der Waals surface area contributed by atoms with Gasteiger partial charge in [-0.15, -0.1) is 0 Å². The van der Waals surface area contributed by atoms with Gasteiger partial charge in [0.05, 0.1) is 28.7 Å². The van der Waals surface area contributed by atoms with Gasteiger partial charge in [0, 0.05) is 21.1 Å². The third kappa shape index (κ3) is 7.02. The van der Waals surface area contributed by atoms with Crippen LogP contribution in [0.1, 0.15) is 44.5 Å². The summed E-state index contributed by atoms with van der Waals surface area (Å²) in [5.41, 5.74) is 1.49. The van der Waals surface area contributed by atoms with Crippen LogP contribution in [0.25, 0.3) is 10.9 Å². The van der Waals surface area contributed by atoms with Crippen LogP contribution < -0.4 is 20.3 Å². The standard InChI is InChI=1S/C29H27BrCl2N4O4/c1-4-17(3)28-35-24-11-6-19(30)14-22(24)29(38)36(28)33-15-18-12-23(32)27(25(13-18)39-5-2)40-16-26(37)34-21-9-7-20(31)8-10-21/h6-15,17H,4-5,16H2,1-3H3,(H,34,37)/t17-/m0/s1. The van der Waals surface area contributed by atoms with Crippen LogP contribution in [0.4, 0.5) is 5.69 Å². The summed E-state index contributed by atoms with van der Waals surface area (Å²) in [6.45, 7) is 5.90. The van der Waals surface area contributed by atoms with E-state index in [1.807, 2.05) is 32.9 Å². The van der Waals surface area contributed by atoms with Gasteiger partial charge in [-0.25, -0.2) is 4.98 Å². The summed E-state index contributed by atoms with van der Waals surface area (Å²) in [6.07, 6.45) is 2.30. The zero-order valence-electron chi connectivity index (χ0n) is 22.1. The molecule has 4 rings (SSSR count). The molecule has 0 saturated carbocycles. The van der Waals surface area contributed by atoms with Gasteiger partial charge >= 0.3 is 0 Å². The van der Waals surface area contributed by atoms with Gasteiger partial charge in [-0.2, -0.15) is 9.78 Å². The molecule has 0 aliphatic heterocycles. The molecule has 0 aliphatic carbocycles. The van der Waals surface area contributed by atoms with Crippen LogP contribution in [0.3, 0.4) is 0 Å². The van der Waals surface area contributed by atoms with Gasteiger partial charge in [0.25, 0.3) is 11.5 Å². The van der Waals surface area contributed by atoms with Gasteiger partial charge in [-0.1, -0.05) is 53.0 Å². The van der Waals surface area contributed by atoms with Crippen molar-refractivity contribution in [3.8, 4) is 11.5 Å². The highest BCUT2D eigenvalue weighted by atomic mass is 79.9. The maximum absolute atomic E-state index is 13.4. The number of ether oxygens (including phenoxy) is 2. The van der Waals surface area contributed by atoms with Gasteiger partial charge in [-0.05, 0) is 73.5 Å². The minimum atomic E-state index is -0.376. The van der Waals surface area contributed by atoms with Crippen molar-refractivity contribution < 1.29 is 14.3 Å². The van der Waals surface area contributed by atoms with Crippen LogP contribution in [0.5, 0.6) is 11.5 Å². The highest BCUT2D eigenvalue weighted by Gasteiger charge is 2.17. The molecule has 208 valence electrons. The molecule has 1 amide bonds. The van der Waals surface area contributed by atoms with E-state index >= 15 is 0 Å². The number of hydrogen-bond donors (Lipinski definition) is 1. The summed E-state index contributed by atoms with van der Waals surface area (Å²) in [4.78, 5) is 30.6. The minimum Gasteiger partial charge on any atom is -0.490 e. The molecule has 0 saturated heterocycles. The van der Waals surface area contributed by atoms with Crippen LogP contribution in [0.15, 0.2) is 69.0 Å². The summed E-state index contributed by atoms with van der Waals surface area (Å²) in [7, 11) is 0. The van der Waals surface area contributed by atoms with Crippen molar-refractivity contribution in [1.29, 1.82) is 0 Å². The highest BCUT2D eigenvalue weighted by molar-refractivity contribution is 9.10. The van der Waals surface area contributed by atoms with E-state index in [1.165, 1.54) is 10.9 Å². The highest BCUT2D eigenvalue weighted by Crippen LogP contribution is 2.36. The van der Waals surface area contributed by atoms with Crippen molar-refractivity contribution in [2.45, 2.75) is 33.1 Å². The fourth-order valence-electron chi connectivity index (χ4n) is 3.84. The smallest absolute Gasteiger partial charge is 0.282 e. The molecule has 0 fully saturated rings. The van der Waals surface area contributed by atoms with Gasteiger partial charge < -0.3 is 14.8 Å². The van der Waals surface area contributed by atoms with Crippen molar-refractivity contribution in [3.05, 3.63) is 90.9 Å². The Hall–Kier alpha value is -3.40. The van der Waals surface area contributed by atoms with E-state index in [9.17, 15) is 9.59 Å². The van der Waals surface area contributed by atoms with E-state index in [1.54, 1.807) is 42.5 Å². The summed E-state index contributed by atoms with van der Waals surface area (Å²) in [6, 6.07) is 15.4. The third-order valence-electron chi connectivity index (χ3n) is 6.02. The van der Waals surface area contributed by atoms with Crippen LogP contribution in [0.2, 0.25) is 10.0 Å². The summed E-state index contributed by atoms with van der Waals surface area (Å²) >= 11 is 15.9. The largest absolute Gasteiger partial charge is 0.490 e.